The molecule has 0 radical (unpaired) electrons. The Morgan fingerprint density at radius 3 is 2.62 bits per heavy atom. The summed E-state index contributed by atoms with van der Waals surface area (Å²) in [6.45, 7) is 1.27. The summed E-state index contributed by atoms with van der Waals surface area (Å²) in [5.41, 5.74) is 4.59. The van der Waals surface area contributed by atoms with Crippen LogP contribution >= 0.6 is 11.6 Å². The second kappa shape index (κ2) is 12.8. The summed E-state index contributed by atoms with van der Waals surface area (Å²) in [6, 6.07) is 21.3. The van der Waals surface area contributed by atoms with Crippen LogP contribution in [0.2, 0.25) is 5.02 Å². The molecule has 3 aromatic carbocycles. The van der Waals surface area contributed by atoms with Gasteiger partial charge in [0.2, 0.25) is 5.91 Å². The Balaban J connectivity index is 1.63. The van der Waals surface area contributed by atoms with Crippen molar-refractivity contribution in [3.05, 3.63) is 95.2 Å². The SMILES string of the molecule is COc1cc2ncc(C#N)c(Nc3ccc(NCc4ccccc4)c(Cl)c3)c2cc1NC(=O)C=CCN(C)C. The van der Waals surface area contributed by atoms with Crippen LogP contribution in [0.4, 0.5) is 22.7 Å². The minimum atomic E-state index is -0.293. The number of anilines is 4. The fourth-order valence-corrected chi connectivity index (χ4v) is 4.17. The Hall–Kier alpha value is -4.58. The Kier molecular flexibility index (Phi) is 9.00. The highest BCUT2D eigenvalue weighted by molar-refractivity contribution is 6.33. The van der Waals surface area contributed by atoms with E-state index in [1.54, 1.807) is 24.3 Å². The molecule has 0 aliphatic heterocycles. The number of likely N-dealkylation sites (N-methyl/N-ethyl adjacent to an activating group) is 1. The van der Waals surface area contributed by atoms with E-state index in [4.69, 9.17) is 16.3 Å². The van der Waals surface area contributed by atoms with Gasteiger partial charge in [0.25, 0.3) is 0 Å². The lowest BCUT2D eigenvalue weighted by molar-refractivity contribution is -0.111. The molecule has 0 aliphatic carbocycles. The number of rotatable bonds is 10. The number of pyridine rings is 1. The number of halogens is 1. The van der Waals surface area contributed by atoms with E-state index in [0.29, 0.717) is 57.4 Å². The average Bonchev–Trinajstić information content (AvgIpc) is 2.93. The zero-order chi connectivity index (χ0) is 27.8. The molecule has 1 amide bonds. The summed E-state index contributed by atoms with van der Waals surface area (Å²) < 4.78 is 5.50. The smallest absolute Gasteiger partial charge is 0.248 e. The first-order valence-corrected chi connectivity index (χ1v) is 12.6. The Bertz CT molecular complexity index is 1550. The van der Waals surface area contributed by atoms with Gasteiger partial charge in [-0.2, -0.15) is 5.26 Å². The van der Waals surface area contributed by atoms with Gasteiger partial charge >= 0.3 is 0 Å². The van der Waals surface area contributed by atoms with Crippen molar-refractivity contribution in [1.29, 1.82) is 5.26 Å². The van der Waals surface area contributed by atoms with Crippen LogP contribution in [0.15, 0.2) is 79.0 Å². The van der Waals surface area contributed by atoms with Crippen LogP contribution in [-0.2, 0) is 11.3 Å². The monoisotopic (exact) mass is 540 g/mol. The number of methoxy groups -OCH3 is 1. The molecule has 0 saturated heterocycles. The number of hydrogen-bond donors (Lipinski definition) is 3. The first-order chi connectivity index (χ1) is 18.9. The molecule has 0 atom stereocenters. The van der Waals surface area contributed by atoms with E-state index in [1.165, 1.54) is 19.4 Å². The molecule has 4 rings (SSSR count). The minimum Gasteiger partial charge on any atom is -0.494 e. The van der Waals surface area contributed by atoms with E-state index in [-0.39, 0.29) is 5.91 Å². The summed E-state index contributed by atoms with van der Waals surface area (Å²) in [5, 5.41) is 20.5. The number of nitrogens with one attached hydrogen (secondary N) is 3. The molecule has 0 unspecified atom stereocenters. The van der Waals surface area contributed by atoms with Crippen molar-refractivity contribution in [2.24, 2.45) is 0 Å². The van der Waals surface area contributed by atoms with Crippen molar-refractivity contribution in [3.8, 4) is 11.8 Å². The van der Waals surface area contributed by atoms with Crippen LogP contribution in [0.5, 0.6) is 5.75 Å². The molecule has 1 heterocycles. The molecular weight excluding hydrogens is 512 g/mol. The van der Waals surface area contributed by atoms with Crippen molar-refractivity contribution in [2.75, 3.05) is 43.7 Å². The van der Waals surface area contributed by atoms with Gasteiger partial charge in [-0.25, -0.2) is 0 Å². The summed E-state index contributed by atoms with van der Waals surface area (Å²) >= 11 is 6.58. The third-order valence-corrected chi connectivity index (χ3v) is 6.18. The molecule has 39 heavy (non-hydrogen) atoms. The predicted octanol–water partition coefficient (Wildman–Crippen LogP) is 6.18. The Labute approximate surface area is 232 Å². The van der Waals surface area contributed by atoms with Gasteiger partial charge in [0.15, 0.2) is 0 Å². The topological polar surface area (TPSA) is 102 Å². The number of amides is 1. The quantitative estimate of drug-likeness (QED) is 0.206. The van der Waals surface area contributed by atoms with Gasteiger partial charge in [0.1, 0.15) is 11.8 Å². The van der Waals surface area contributed by atoms with Crippen LogP contribution in [0, 0.1) is 11.3 Å². The maximum absolute atomic E-state index is 12.5. The van der Waals surface area contributed by atoms with Crippen molar-refractivity contribution >= 4 is 51.2 Å². The van der Waals surface area contributed by atoms with Gasteiger partial charge in [-0.15, -0.1) is 0 Å². The van der Waals surface area contributed by atoms with Crippen molar-refractivity contribution in [2.45, 2.75) is 6.54 Å². The summed E-state index contributed by atoms with van der Waals surface area (Å²) in [6.07, 6.45) is 4.75. The van der Waals surface area contributed by atoms with Gasteiger partial charge < -0.3 is 25.6 Å². The fraction of sp³-hybridized carbons (Fsp3) is 0.167. The van der Waals surface area contributed by atoms with Crippen LogP contribution in [-0.4, -0.2) is 43.5 Å². The Morgan fingerprint density at radius 1 is 1.13 bits per heavy atom. The number of hydrogen-bond acceptors (Lipinski definition) is 7. The first-order valence-electron chi connectivity index (χ1n) is 12.3. The molecule has 4 aromatic rings. The standard InChI is InChI=1S/C30H29ClN6O2/c1-37(2)13-7-10-29(38)36-27-15-23-26(16-28(27)39-3)34-19-21(17-32)30(23)35-22-11-12-25(24(31)14-22)33-18-20-8-5-4-6-9-20/h4-12,14-16,19,33H,13,18H2,1-3H3,(H,34,35)(H,36,38). The minimum absolute atomic E-state index is 0.293. The molecule has 0 aliphatic rings. The van der Waals surface area contributed by atoms with Crippen LogP contribution < -0.4 is 20.7 Å². The number of nitriles is 1. The maximum Gasteiger partial charge on any atom is 0.248 e. The second-order valence-electron chi connectivity index (χ2n) is 9.04. The van der Waals surface area contributed by atoms with Crippen LogP contribution in [0.3, 0.4) is 0 Å². The predicted molar refractivity (Wildman–Crippen MR) is 158 cm³/mol. The molecule has 198 valence electrons. The van der Waals surface area contributed by atoms with Crippen LogP contribution in [0.1, 0.15) is 11.1 Å². The highest BCUT2D eigenvalue weighted by Gasteiger charge is 2.15. The van der Waals surface area contributed by atoms with Gasteiger partial charge in [0, 0.05) is 42.5 Å². The number of nitrogens with zero attached hydrogens (tertiary/aromatic N) is 3. The zero-order valence-electron chi connectivity index (χ0n) is 22.0. The molecule has 8 nitrogen and oxygen atoms in total. The highest BCUT2D eigenvalue weighted by atomic mass is 35.5. The third kappa shape index (κ3) is 7.05. The van der Waals surface area contributed by atoms with E-state index in [0.717, 1.165) is 11.3 Å². The highest BCUT2D eigenvalue weighted by Crippen LogP contribution is 2.37. The number of benzene rings is 3. The van der Waals surface area contributed by atoms with Crippen LogP contribution in [0.25, 0.3) is 10.9 Å². The molecule has 0 bridgehead atoms. The molecule has 0 fully saturated rings. The number of carbonyl (C=O) groups excluding carboxylic acids is 1. The van der Waals surface area contributed by atoms with E-state index < -0.39 is 0 Å². The molecule has 0 spiro atoms. The molecule has 1 aromatic heterocycles. The molecule has 0 saturated carbocycles. The lowest BCUT2D eigenvalue weighted by Gasteiger charge is -2.16. The van der Waals surface area contributed by atoms with E-state index in [2.05, 4.69) is 27.0 Å². The fourth-order valence-electron chi connectivity index (χ4n) is 3.92. The normalized spacial score (nSPS) is 11.0. The van der Waals surface area contributed by atoms with Crippen molar-refractivity contribution in [3.63, 3.8) is 0 Å². The average molecular weight is 541 g/mol. The van der Waals surface area contributed by atoms with E-state index in [1.807, 2.05) is 61.5 Å². The largest absolute Gasteiger partial charge is 0.494 e. The van der Waals surface area contributed by atoms with Gasteiger partial charge in [-0.05, 0) is 43.9 Å². The van der Waals surface area contributed by atoms with Crippen molar-refractivity contribution in [1.82, 2.24) is 9.88 Å². The number of fused-ring (bicyclic) bond motifs is 1. The summed E-state index contributed by atoms with van der Waals surface area (Å²) in [4.78, 5) is 18.9. The van der Waals surface area contributed by atoms with Gasteiger partial charge in [0.05, 0.1) is 40.3 Å². The van der Waals surface area contributed by atoms with E-state index in [9.17, 15) is 10.1 Å². The third-order valence-electron chi connectivity index (χ3n) is 5.87. The Morgan fingerprint density at radius 2 is 1.92 bits per heavy atom. The molecule has 3 N–H and O–H groups in total. The van der Waals surface area contributed by atoms with Gasteiger partial charge in [-0.3, -0.25) is 9.78 Å². The maximum atomic E-state index is 12.5. The lowest BCUT2D eigenvalue weighted by atomic mass is 10.1. The number of ether oxygens (including phenoxy) is 1. The first kappa shape index (κ1) is 27.5. The zero-order valence-corrected chi connectivity index (χ0v) is 22.7. The second-order valence-corrected chi connectivity index (χ2v) is 9.45. The van der Waals surface area contributed by atoms with Crippen molar-refractivity contribution < 1.29 is 9.53 Å². The number of aromatic nitrogens is 1. The molecule has 9 heteroatoms. The molecular formula is C30H29ClN6O2. The lowest BCUT2D eigenvalue weighted by Crippen LogP contribution is -2.13. The van der Waals surface area contributed by atoms with Gasteiger partial charge in [-0.1, -0.05) is 48.0 Å². The van der Waals surface area contributed by atoms with E-state index >= 15 is 0 Å². The summed E-state index contributed by atoms with van der Waals surface area (Å²) in [5.74, 6) is 0.163. The summed E-state index contributed by atoms with van der Waals surface area (Å²) in [7, 11) is 5.37. The number of carbonyl (C=O) groups is 1.